The molecule has 2 fully saturated rings. The minimum absolute atomic E-state index is 0.167. The second kappa shape index (κ2) is 9.32. The van der Waals surface area contributed by atoms with Crippen LogP contribution in [-0.4, -0.2) is 51.3 Å². The average molecular weight is 558 g/mol. The molecule has 2 aliphatic rings. The topological polar surface area (TPSA) is 105 Å². The van der Waals surface area contributed by atoms with Gasteiger partial charge in [0, 0.05) is 18.3 Å². The van der Waals surface area contributed by atoms with Crippen molar-refractivity contribution in [1.29, 1.82) is 0 Å². The standard InChI is InChI=1S/C24H17F7N4O4/c25-10-3-14(26)18(15(27)4-10)35-8-13(23(39)32-20(9-1-2-9)24(29,30)31)19(38)12-6-16(28)22(33-21(12)35)34-7-11(36)5-17(34)37/h3-4,6,8-9,11,20,36H,1-2,5,7H2,(H,32,39). The minimum Gasteiger partial charge on any atom is -0.391 e. The van der Waals surface area contributed by atoms with Crippen LogP contribution >= 0.6 is 0 Å². The molecule has 15 heteroatoms. The highest BCUT2D eigenvalue weighted by atomic mass is 19.4. The number of hydrogen-bond acceptors (Lipinski definition) is 5. The number of carbonyl (C=O) groups is 2. The molecule has 1 saturated heterocycles. The summed E-state index contributed by atoms with van der Waals surface area (Å²) in [5, 5.41) is 10.7. The van der Waals surface area contributed by atoms with E-state index in [1.54, 1.807) is 5.32 Å². The van der Waals surface area contributed by atoms with Gasteiger partial charge in [-0.1, -0.05) is 0 Å². The highest BCUT2D eigenvalue weighted by Gasteiger charge is 2.50. The summed E-state index contributed by atoms with van der Waals surface area (Å²) < 4.78 is 99.2. The summed E-state index contributed by atoms with van der Waals surface area (Å²) in [5.41, 5.74) is -4.12. The van der Waals surface area contributed by atoms with Crippen LogP contribution in [0.5, 0.6) is 0 Å². The van der Waals surface area contributed by atoms with Crippen LogP contribution in [0.4, 0.5) is 36.6 Å². The number of fused-ring (bicyclic) bond motifs is 1. The number of β-amino-alcohol motifs (C(OH)–C–C–N with tert-alkyl or cyclic N) is 1. The first kappa shape index (κ1) is 26.6. The fraction of sp³-hybridized carbons (Fsp3) is 0.333. The first-order valence-electron chi connectivity index (χ1n) is 11.5. The largest absolute Gasteiger partial charge is 0.408 e. The van der Waals surface area contributed by atoms with Gasteiger partial charge in [-0.2, -0.15) is 13.2 Å². The molecule has 2 amide bonds. The third kappa shape index (κ3) is 4.82. The van der Waals surface area contributed by atoms with E-state index in [2.05, 4.69) is 4.98 Å². The van der Waals surface area contributed by atoms with Crippen molar-refractivity contribution >= 4 is 28.7 Å². The van der Waals surface area contributed by atoms with Crippen LogP contribution in [0.3, 0.4) is 0 Å². The maximum atomic E-state index is 15.1. The van der Waals surface area contributed by atoms with Gasteiger partial charge in [0.2, 0.25) is 11.3 Å². The molecule has 2 N–H and O–H groups in total. The van der Waals surface area contributed by atoms with Gasteiger partial charge >= 0.3 is 6.18 Å². The SMILES string of the molecule is O=C(NC(C1CC1)C(F)(F)F)c1cn(-c2c(F)cc(F)cc2F)c2nc(N3CC(O)CC3=O)c(F)cc2c1=O. The molecule has 3 heterocycles. The zero-order valence-corrected chi connectivity index (χ0v) is 19.5. The van der Waals surface area contributed by atoms with Crippen molar-refractivity contribution in [3.63, 3.8) is 0 Å². The Morgan fingerprint density at radius 3 is 2.23 bits per heavy atom. The minimum atomic E-state index is -4.86. The van der Waals surface area contributed by atoms with Crippen molar-refractivity contribution in [2.45, 2.75) is 37.6 Å². The summed E-state index contributed by atoms with van der Waals surface area (Å²) >= 11 is 0. The highest BCUT2D eigenvalue weighted by molar-refractivity contribution is 5.99. The first-order chi connectivity index (χ1) is 18.3. The van der Waals surface area contributed by atoms with E-state index >= 15 is 4.39 Å². The van der Waals surface area contributed by atoms with E-state index in [1.807, 2.05) is 0 Å². The van der Waals surface area contributed by atoms with Gasteiger partial charge in [0.15, 0.2) is 28.9 Å². The van der Waals surface area contributed by atoms with Crippen LogP contribution in [0.2, 0.25) is 0 Å². The lowest BCUT2D eigenvalue weighted by Gasteiger charge is -2.22. The molecular weight excluding hydrogens is 541 g/mol. The van der Waals surface area contributed by atoms with Crippen molar-refractivity contribution in [3.05, 3.63) is 63.5 Å². The van der Waals surface area contributed by atoms with Crippen molar-refractivity contribution in [3.8, 4) is 5.69 Å². The molecule has 2 unspecified atom stereocenters. The van der Waals surface area contributed by atoms with Crippen LogP contribution in [-0.2, 0) is 4.79 Å². The first-order valence-corrected chi connectivity index (χ1v) is 11.5. The number of aliphatic hydroxyl groups excluding tert-OH is 1. The number of aliphatic hydroxyl groups is 1. The molecule has 206 valence electrons. The summed E-state index contributed by atoms with van der Waals surface area (Å²) in [5.74, 6) is -9.67. The maximum Gasteiger partial charge on any atom is 0.408 e. The van der Waals surface area contributed by atoms with E-state index in [0.717, 1.165) is 4.90 Å². The lowest BCUT2D eigenvalue weighted by atomic mass is 10.1. The van der Waals surface area contributed by atoms with E-state index in [1.165, 1.54) is 0 Å². The summed E-state index contributed by atoms with van der Waals surface area (Å²) in [6.07, 6.45) is -5.58. The molecule has 5 rings (SSSR count). The molecule has 2 aromatic heterocycles. The molecule has 0 spiro atoms. The lowest BCUT2D eigenvalue weighted by molar-refractivity contribution is -0.158. The van der Waals surface area contributed by atoms with Crippen LogP contribution in [0, 0.1) is 29.2 Å². The normalized spacial score (nSPS) is 18.6. The summed E-state index contributed by atoms with van der Waals surface area (Å²) in [4.78, 5) is 42.9. The number of halogens is 7. The molecule has 0 bridgehead atoms. The zero-order chi connectivity index (χ0) is 28.4. The number of rotatable bonds is 5. The number of hydrogen-bond donors (Lipinski definition) is 2. The monoisotopic (exact) mass is 558 g/mol. The maximum absolute atomic E-state index is 15.1. The van der Waals surface area contributed by atoms with E-state index in [9.17, 15) is 45.8 Å². The molecule has 1 aliphatic heterocycles. The van der Waals surface area contributed by atoms with Crippen LogP contribution in [0.1, 0.15) is 29.6 Å². The second-order valence-electron chi connectivity index (χ2n) is 9.32. The number of pyridine rings is 2. The van der Waals surface area contributed by atoms with Gasteiger partial charge in [-0.25, -0.2) is 22.5 Å². The highest BCUT2D eigenvalue weighted by Crippen LogP contribution is 2.40. The van der Waals surface area contributed by atoms with E-state index < -0.39 is 99.4 Å². The predicted molar refractivity (Wildman–Crippen MR) is 120 cm³/mol. The number of carbonyl (C=O) groups excluding carboxylic acids is 2. The molecule has 39 heavy (non-hydrogen) atoms. The van der Waals surface area contributed by atoms with Crippen molar-refractivity contribution in [1.82, 2.24) is 14.9 Å². The number of aromatic nitrogens is 2. The second-order valence-corrected chi connectivity index (χ2v) is 9.32. The van der Waals surface area contributed by atoms with E-state index in [4.69, 9.17) is 0 Å². The number of nitrogens with one attached hydrogen (secondary N) is 1. The lowest BCUT2D eigenvalue weighted by Crippen LogP contribution is -2.48. The van der Waals surface area contributed by atoms with E-state index in [0.29, 0.717) is 16.8 Å². The van der Waals surface area contributed by atoms with Crippen LogP contribution in [0.25, 0.3) is 16.7 Å². The van der Waals surface area contributed by atoms with E-state index in [-0.39, 0.29) is 31.4 Å². The van der Waals surface area contributed by atoms with Gasteiger partial charge in [-0.3, -0.25) is 23.9 Å². The number of nitrogens with zero attached hydrogens (tertiary/aromatic N) is 3. The molecule has 1 saturated carbocycles. The third-order valence-corrected chi connectivity index (χ3v) is 6.47. The Bertz CT molecular complexity index is 1560. The zero-order valence-electron chi connectivity index (χ0n) is 19.5. The quantitative estimate of drug-likeness (QED) is 0.469. The van der Waals surface area contributed by atoms with Crippen LogP contribution in [0.15, 0.2) is 29.2 Å². The van der Waals surface area contributed by atoms with Gasteiger partial charge in [-0.15, -0.1) is 0 Å². The fourth-order valence-electron chi connectivity index (χ4n) is 4.51. The van der Waals surface area contributed by atoms with Gasteiger partial charge < -0.3 is 10.4 Å². The van der Waals surface area contributed by atoms with Gasteiger partial charge in [-0.05, 0) is 24.8 Å². The van der Waals surface area contributed by atoms with Gasteiger partial charge in [0.05, 0.1) is 24.5 Å². The Balaban J connectivity index is 1.74. The average Bonchev–Trinajstić information content (AvgIpc) is 3.60. The molecule has 1 aromatic carbocycles. The third-order valence-electron chi connectivity index (χ3n) is 6.47. The number of amides is 2. The summed E-state index contributed by atoms with van der Waals surface area (Å²) in [6.45, 7) is -0.391. The van der Waals surface area contributed by atoms with Crippen molar-refractivity contribution < 1.29 is 45.4 Å². The molecule has 3 aromatic rings. The molecule has 1 aliphatic carbocycles. The van der Waals surface area contributed by atoms with Crippen molar-refractivity contribution in [2.75, 3.05) is 11.4 Å². The Hall–Kier alpha value is -4.01. The van der Waals surface area contributed by atoms with Gasteiger partial charge in [0.25, 0.3) is 5.91 Å². The number of anilines is 1. The fourth-order valence-corrected chi connectivity index (χ4v) is 4.51. The smallest absolute Gasteiger partial charge is 0.391 e. The molecular formula is C24H17F7N4O4. The summed E-state index contributed by atoms with van der Waals surface area (Å²) in [6, 6.07) is -1.27. The Morgan fingerprint density at radius 1 is 1.05 bits per heavy atom. The van der Waals surface area contributed by atoms with Crippen LogP contribution < -0.4 is 15.6 Å². The number of benzene rings is 1. The van der Waals surface area contributed by atoms with Crippen molar-refractivity contribution in [2.24, 2.45) is 5.92 Å². The Morgan fingerprint density at radius 2 is 1.69 bits per heavy atom. The Labute approximate surface area is 213 Å². The Kier molecular flexibility index (Phi) is 6.36. The van der Waals surface area contributed by atoms with Gasteiger partial charge in [0.1, 0.15) is 23.1 Å². The number of alkyl halides is 3. The summed E-state index contributed by atoms with van der Waals surface area (Å²) in [7, 11) is 0. The molecule has 2 atom stereocenters. The predicted octanol–water partition coefficient (Wildman–Crippen LogP) is 3.11. The molecule has 0 radical (unpaired) electrons. The molecule has 8 nitrogen and oxygen atoms in total.